The van der Waals surface area contributed by atoms with Crippen molar-refractivity contribution in [1.82, 2.24) is 0 Å². The van der Waals surface area contributed by atoms with Gasteiger partial charge in [-0.1, -0.05) is 42.5 Å². The third-order valence-electron chi connectivity index (χ3n) is 2.51. The Kier molecular flexibility index (Phi) is 3.86. The predicted octanol–water partition coefficient (Wildman–Crippen LogP) is 3.29. The van der Waals surface area contributed by atoms with E-state index in [1.54, 1.807) is 6.07 Å². The van der Waals surface area contributed by atoms with Crippen LogP contribution in [0.25, 0.3) is 0 Å². The van der Waals surface area contributed by atoms with Crippen LogP contribution in [0.5, 0.6) is 5.75 Å². The Morgan fingerprint density at radius 2 is 1.89 bits per heavy atom. The highest BCUT2D eigenvalue weighted by molar-refractivity contribution is 5.99. The van der Waals surface area contributed by atoms with E-state index in [4.69, 9.17) is 10.1 Å². The monoisotopic (exact) mass is 238 g/mol. The highest BCUT2D eigenvalue weighted by Crippen LogP contribution is 2.15. The van der Waals surface area contributed by atoms with E-state index < -0.39 is 0 Å². The summed E-state index contributed by atoms with van der Waals surface area (Å²) in [4.78, 5) is 3.60. The molecule has 0 spiro atoms. The van der Waals surface area contributed by atoms with Crippen LogP contribution in [0.15, 0.2) is 59.6 Å². The quantitative estimate of drug-likeness (QED) is 0.644. The van der Waals surface area contributed by atoms with Crippen molar-refractivity contribution >= 4 is 12.6 Å². The third kappa shape index (κ3) is 3.04. The topological polar surface area (TPSA) is 45.4 Å². The first-order chi connectivity index (χ1) is 8.79. The Balaban J connectivity index is 2.06. The number of benzene rings is 2. The molecule has 0 saturated carbocycles. The van der Waals surface area contributed by atoms with Gasteiger partial charge in [-0.05, 0) is 24.4 Å². The van der Waals surface area contributed by atoms with Crippen LogP contribution in [0.4, 0.5) is 0 Å². The fourth-order valence-corrected chi connectivity index (χ4v) is 1.57. The molecule has 0 heterocycles. The van der Waals surface area contributed by atoms with Crippen LogP contribution in [0, 0.1) is 5.41 Å². The van der Waals surface area contributed by atoms with Gasteiger partial charge in [0.05, 0.1) is 0 Å². The number of aliphatic imine (C=N–C) groups is 1. The zero-order valence-corrected chi connectivity index (χ0v) is 9.97. The summed E-state index contributed by atoms with van der Waals surface area (Å²) in [5, 5.41) is 7.59. The molecular weight excluding hydrogens is 224 g/mol. The number of nitrogens with zero attached hydrogens (tertiary/aromatic N) is 1. The largest absolute Gasteiger partial charge is 0.489 e. The predicted molar refractivity (Wildman–Crippen MR) is 73.6 cm³/mol. The molecule has 18 heavy (non-hydrogen) atoms. The third-order valence-corrected chi connectivity index (χ3v) is 2.51. The Bertz CT molecular complexity index is 549. The van der Waals surface area contributed by atoms with Crippen LogP contribution in [0.1, 0.15) is 11.1 Å². The second-order valence-corrected chi connectivity index (χ2v) is 3.81. The second kappa shape index (κ2) is 5.77. The molecule has 0 aliphatic heterocycles. The zero-order chi connectivity index (χ0) is 12.8. The molecule has 0 amide bonds. The lowest BCUT2D eigenvalue weighted by Gasteiger charge is -2.07. The molecule has 0 aromatic heterocycles. The molecule has 0 aliphatic rings. The van der Waals surface area contributed by atoms with Crippen LogP contribution >= 0.6 is 0 Å². The fourth-order valence-electron chi connectivity index (χ4n) is 1.57. The van der Waals surface area contributed by atoms with E-state index in [9.17, 15) is 0 Å². The van der Waals surface area contributed by atoms with Gasteiger partial charge in [-0.15, -0.1) is 0 Å². The van der Waals surface area contributed by atoms with E-state index in [0.29, 0.717) is 12.2 Å². The number of hydrogen-bond acceptors (Lipinski definition) is 2. The first-order valence-electron chi connectivity index (χ1n) is 5.62. The molecule has 0 aliphatic carbocycles. The fraction of sp³-hybridized carbons (Fsp3) is 0.0667. The van der Waals surface area contributed by atoms with Crippen molar-refractivity contribution in [2.75, 3.05) is 0 Å². The van der Waals surface area contributed by atoms with Gasteiger partial charge in [0.1, 0.15) is 12.4 Å². The molecule has 2 rings (SSSR count). The first-order valence-corrected chi connectivity index (χ1v) is 5.62. The molecule has 90 valence electrons. The molecule has 0 radical (unpaired) electrons. The van der Waals surface area contributed by atoms with Gasteiger partial charge in [-0.2, -0.15) is 0 Å². The van der Waals surface area contributed by atoms with E-state index in [0.717, 1.165) is 11.3 Å². The Hall–Kier alpha value is -2.42. The molecule has 0 fully saturated rings. The van der Waals surface area contributed by atoms with Gasteiger partial charge in [0.25, 0.3) is 0 Å². The van der Waals surface area contributed by atoms with Crippen LogP contribution in [0.2, 0.25) is 0 Å². The summed E-state index contributed by atoms with van der Waals surface area (Å²) in [6.07, 6.45) is 0. The van der Waals surface area contributed by atoms with Crippen molar-refractivity contribution in [3.8, 4) is 5.75 Å². The van der Waals surface area contributed by atoms with Crippen LogP contribution < -0.4 is 4.74 Å². The van der Waals surface area contributed by atoms with E-state index in [-0.39, 0.29) is 5.84 Å². The minimum Gasteiger partial charge on any atom is -0.489 e. The second-order valence-electron chi connectivity index (χ2n) is 3.81. The van der Waals surface area contributed by atoms with Crippen molar-refractivity contribution in [1.29, 1.82) is 5.41 Å². The molecule has 0 unspecified atom stereocenters. The smallest absolute Gasteiger partial charge is 0.151 e. The van der Waals surface area contributed by atoms with Crippen molar-refractivity contribution in [2.45, 2.75) is 6.61 Å². The highest BCUT2D eigenvalue weighted by atomic mass is 16.5. The zero-order valence-electron chi connectivity index (χ0n) is 9.97. The van der Waals surface area contributed by atoms with E-state index in [1.807, 2.05) is 48.5 Å². The summed E-state index contributed by atoms with van der Waals surface area (Å²) in [5.41, 5.74) is 1.82. The maximum absolute atomic E-state index is 7.59. The standard InChI is InChI=1S/C15H14N2O/c1-17-15(16)13-8-5-9-14(10-13)18-11-12-6-3-2-4-7-12/h2-10,16H,1,11H2. The van der Waals surface area contributed by atoms with Crippen molar-refractivity contribution in [3.05, 3.63) is 65.7 Å². The van der Waals surface area contributed by atoms with Gasteiger partial charge >= 0.3 is 0 Å². The average molecular weight is 238 g/mol. The maximum atomic E-state index is 7.59. The van der Waals surface area contributed by atoms with Gasteiger partial charge in [0, 0.05) is 5.56 Å². The summed E-state index contributed by atoms with van der Waals surface area (Å²) in [5.74, 6) is 0.880. The molecule has 2 aromatic rings. The number of amidine groups is 1. The van der Waals surface area contributed by atoms with Crippen molar-refractivity contribution < 1.29 is 4.74 Å². The minimum absolute atomic E-state index is 0.153. The summed E-state index contributed by atoms with van der Waals surface area (Å²) in [6.45, 7) is 3.86. The molecule has 1 N–H and O–H groups in total. The maximum Gasteiger partial charge on any atom is 0.151 e. The van der Waals surface area contributed by atoms with E-state index >= 15 is 0 Å². The molecule has 2 aromatic carbocycles. The molecule has 3 nitrogen and oxygen atoms in total. The van der Waals surface area contributed by atoms with E-state index in [1.165, 1.54) is 0 Å². The van der Waals surface area contributed by atoms with Crippen molar-refractivity contribution in [2.24, 2.45) is 4.99 Å². The molecule has 0 saturated heterocycles. The summed E-state index contributed by atoms with van der Waals surface area (Å²) < 4.78 is 5.67. The lowest BCUT2D eigenvalue weighted by atomic mass is 10.2. The van der Waals surface area contributed by atoms with Gasteiger partial charge in [0.15, 0.2) is 5.84 Å². The first kappa shape index (κ1) is 12.0. The van der Waals surface area contributed by atoms with Crippen LogP contribution in [-0.2, 0) is 6.61 Å². The van der Waals surface area contributed by atoms with Gasteiger partial charge in [0.2, 0.25) is 0 Å². The minimum atomic E-state index is 0.153. The number of hydrogen-bond donors (Lipinski definition) is 1. The lowest BCUT2D eigenvalue weighted by Crippen LogP contribution is -1.98. The average Bonchev–Trinajstić information content (AvgIpc) is 2.45. The van der Waals surface area contributed by atoms with Crippen molar-refractivity contribution in [3.63, 3.8) is 0 Å². The highest BCUT2D eigenvalue weighted by Gasteiger charge is 2.01. The molecule has 3 heteroatoms. The van der Waals surface area contributed by atoms with Gasteiger partial charge in [-0.3, -0.25) is 5.41 Å². The Labute approximate surface area is 106 Å². The number of nitrogens with one attached hydrogen (secondary N) is 1. The Morgan fingerprint density at radius 1 is 1.11 bits per heavy atom. The van der Waals surface area contributed by atoms with Gasteiger partial charge < -0.3 is 4.74 Å². The summed E-state index contributed by atoms with van der Waals surface area (Å²) >= 11 is 0. The van der Waals surface area contributed by atoms with E-state index in [2.05, 4.69) is 11.7 Å². The SMILES string of the molecule is C=NC(=N)c1cccc(OCc2ccccc2)c1. The van der Waals surface area contributed by atoms with Gasteiger partial charge in [-0.25, -0.2) is 4.99 Å². The summed E-state index contributed by atoms with van der Waals surface area (Å²) in [6, 6.07) is 17.3. The molecule has 0 bridgehead atoms. The van der Waals surface area contributed by atoms with Crippen LogP contribution in [0.3, 0.4) is 0 Å². The Morgan fingerprint density at radius 3 is 2.61 bits per heavy atom. The summed E-state index contributed by atoms with van der Waals surface area (Å²) in [7, 11) is 0. The number of rotatable bonds is 4. The van der Waals surface area contributed by atoms with Crippen LogP contribution in [-0.4, -0.2) is 12.6 Å². The normalized spacial score (nSPS) is 9.78. The lowest BCUT2D eigenvalue weighted by molar-refractivity contribution is 0.306. The molecular formula is C15H14N2O. The number of ether oxygens (including phenoxy) is 1. The molecule has 0 atom stereocenters.